The molecule has 0 aliphatic rings. The van der Waals surface area contributed by atoms with Crippen molar-refractivity contribution in [2.45, 2.75) is 0 Å². The Morgan fingerprint density at radius 3 is 2.75 bits per heavy atom. The summed E-state index contributed by atoms with van der Waals surface area (Å²) in [5.41, 5.74) is 4.77. The lowest BCUT2D eigenvalue weighted by Gasteiger charge is -2.00. The SMILES string of the molecule is CNCCSSCCOC(N)=O. The van der Waals surface area contributed by atoms with Crippen molar-refractivity contribution in [2.24, 2.45) is 5.73 Å². The number of rotatable bonds is 7. The van der Waals surface area contributed by atoms with Crippen molar-refractivity contribution in [3.05, 3.63) is 0 Å². The Morgan fingerprint density at radius 1 is 1.50 bits per heavy atom. The van der Waals surface area contributed by atoms with Crippen molar-refractivity contribution < 1.29 is 9.53 Å². The summed E-state index contributed by atoms with van der Waals surface area (Å²) in [5, 5.41) is 3.04. The van der Waals surface area contributed by atoms with Crippen LogP contribution in [0, 0.1) is 0 Å². The standard InChI is InChI=1S/C6H14N2O2S2/c1-8-2-4-11-12-5-3-10-6(7)9/h8H,2-5H2,1H3,(H2,7,9). The van der Waals surface area contributed by atoms with Crippen molar-refractivity contribution in [1.29, 1.82) is 0 Å². The van der Waals surface area contributed by atoms with E-state index in [1.807, 2.05) is 7.05 Å². The molecular formula is C6H14N2O2S2. The maximum atomic E-state index is 10.1. The topological polar surface area (TPSA) is 64.3 Å². The van der Waals surface area contributed by atoms with Crippen LogP contribution in [-0.2, 0) is 4.74 Å². The Balaban J connectivity index is 2.86. The molecule has 0 fully saturated rings. The van der Waals surface area contributed by atoms with Crippen LogP contribution in [0.1, 0.15) is 0 Å². The van der Waals surface area contributed by atoms with Gasteiger partial charge in [-0.1, -0.05) is 21.6 Å². The number of nitrogens with two attached hydrogens (primary N) is 1. The normalized spacial score (nSPS) is 9.75. The third-order valence-corrected chi connectivity index (χ3v) is 3.30. The summed E-state index contributed by atoms with van der Waals surface area (Å²) in [7, 11) is 5.35. The van der Waals surface area contributed by atoms with Gasteiger partial charge in [0.2, 0.25) is 0 Å². The Kier molecular flexibility index (Phi) is 8.97. The number of amides is 1. The largest absolute Gasteiger partial charge is 0.449 e. The number of hydrogen-bond acceptors (Lipinski definition) is 5. The van der Waals surface area contributed by atoms with Crippen molar-refractivity contribution in [1.82, 2.24) is 5.32 Å². The zero-order valence-electron chi connectivity index (χ0n) is 7.04. The van der Waals surface area contributed by atoms with E-state index >= 15 is 0 Å². The molecule has 0 radical (unpaired) electrons. The summed E-state index contributed by atoms with van der Waals surface area (Å²) in [6, 6.07) is 0. The third kappa shape index (κ3) is 9.93. The number of carbonyl (C=O) groups excluding carboxylic acids is 1. The molecule has 0 aliphatic heterocycles. The van der Waals surface area contributed by atoms with E-state index in [0.29, 0.717) is 6.61 Å². The van der Waals surface area contributed by atoms with Crippen molar-refractivity contribution in [2.75, 3.05) is 31.7 Å². The molecule has 3 N–H and O–H groups in total. The molecule has 0 rings (SSSR count). The molecule has 12 heavy (non-hydrogen) atoms. The molecule has 72 valence electrons. The van der Waals surface area contributed by atoms with E-state index in [1.165, 1.54) is 0 Å². The van der Waals surface area contributed by atoms with Gasteiger partial charge in [0.05, 0.1) is 0 Å². The average molecular weight is 210 g/mol. The fourth-order valence-corrected chi connectivity index (χ4v) is 2.27. The van der Waals surface area contributed by atoms with Gasteiger partial charge in [0, 0.05) is 18.1 Å². The van der Waals surface area contributed by atoms with E-state index < -0.39 is 6.09 Å². The van der Waals surface area contributed by atoms with Gasteiger partial charge >= 0.3 is 6.09 Å². The predicted octanol–water partition coefficient (Wildman–Crippen LogP) is 0.682. The molecule has 6 heteroatoms. The smallest absolute Gasteiger partial charge is 0.404 e. The van der Waals surface area contributed by atoms with E-state index in [-0.39, 0.29) is 0 Å². The lowest BCUT2D eigenvalue weighted by Crippen LogP contribution is -2.14. The highest BCUT2D eigenvalue weighted by molar-refractivity contribution is 8.76. The molecule has 0 unspecified atom stereocenters. The van der Waals surface area contributed by atoms with Crippen LogP contribution >= 0.6 is 21.6 Å². The molecular weight excluding hydrogens is 196 g/mol. The summed E-state index contributed by atoms with van der Waals surface area (Å²) in [6.07, 6.45) is -0.698. The number of nitrogens with one attached hydrogen (secondary N) is 1. The summed E-state index contributed by atoms with van der Waals surface area (Å²) in [5.74, 6) is 1.84. The minimum absolute atomic E-state index is 0.395. The molecule has 0 aromatic heterocycles. The fraction of sp³-hybridized carbons (Fsp3) is 0.833. The third-order valence-electron chi connectivity index (χ3n) is 0.930. The van der Waals surface area contributed by atoms with Crippen LogP contribution in [0.2, 0.25) is 0 Å². The van der Waals surface area contributed by atoms with Gasteiger partial charge in [-0.2, -0.15) is 0 Å². The monoisotopic (exact) mass is 210 g/mol. The predicted molar refractivity (Wildman–Crippen MR) is 54.4 cm³/mol. The van der Waals surface area contributed by atoms with Gasteiger partial charge in [-0.3, -0.25) is 0 Å². The van der Waals surface area contributed by atoms with Crippen LogP contribution in [0.25, 0.3) is 0 Å². The van der Waals surface area contributed by atoms with Crippen molar-refractivity contribution >= 4 is 27.7 Å². The Labute approximate surface area is 80.4 Å². The van der Waals surface area contributed by atoms with Gasteiger partial charge in [0.15, 0.2) is 0 Å². The van der Waals surface area contributed by atoms with Gasteiger partial charge in [0.25, 0.3) is 0 Å². The molecule has 0 saturated carbocycles. The second-order valence-corrected chi connectivity index (χ2v) is 4.62. The first-order valence-corrected chi connectivity index (χ1v) is 6.07. The number of ether oxygens (including phenoxy) is 1. The average Bonchev–Trinajstić information content (AvgIpc) is 2.02. The van der Waals surface area contributed by atoms with E-state index in [9.17, 15) is 4.79 Å². The maximum absolute atomic E-state index is 10.1. The maximum Gasteiger partial charge on any atom is 0.404 e. The molecule has 4 nitrogen and oxygen atoms in total. The van der Waals surface area contributed by atoms with Gasteiger partial charge in [0.1, 0.15) is 6.61 Å². The molecule has 0 aromatic rings. The molecule has 0 aliphatic carbocycles. The molecule has 0 heterocycles. The van der Waals surface area contributed by atoms with E-state index in [1.54, 1.807) is 21.6 Å². The number of hydrogen-bond donors (Lipinski definition) is 2. The van der Waals surface area contributed by atoms with Crippen LogP contribution in [0.3, 0.4) is 0 Å². The van der Waals surface area contributed by atoms with Crippen molar-refractivity contribution in [3.63, 3.8) is 0 Å². The van der Waals surface area contributed by atoms with Crippen LogP contribution in [0.5, 0.6) is 0 Å². The highest BCUT2D eigenvalue weighted by Gasteiger charge is 1.93. The van der Waals surface area contributed by atoms with Crippen LogP contribution in [0.15, 0.2) is 0 Å². The first kappa shape index (κ1) is 11.9. The lowest BCUT2D eigenvalue weighted by molar-refractivity contribution is 0.164. The molecule has 0 bridgehead atoms. The quantitative estimate of drug-likeness (QED) is 0.478. The zero-order chi connectivity index (χ0) is 9.23. The minimum Gasteiger partial charge on any atom is -0.449 e. The van der Waals surface area contributed by atoms with E-state index in [2.05, 4.69) is 10.1 Å². The van der Waals surface area contributed by atoms with Gasteiger partial charge in [-0.05, 0) is 7.05 Å². The summed E-state index contributed by atoms with van der Waals surface area (Å²) in [6.45, 7) is 1.39. The zero-order valence-corrected chi connectivity index (χ0v) is 8.67. The molecule has 0 atom stereocenters. The summed E-state index contributed by atoms with van der Waals surface area (Å²) in [4.78, 5) is 10.1. The van der Waals surface area contributed by atoms with E-state index in [0.717, 1.165) is 18.1 Å². The van der Waals surface area contributed by atoms with Gasteiger partial charge in [-0.15, -0.1) is 0 Å². The first-order chi connectivity index (χ1) is 5.77. The second kappa shape index (κ2) is 9.02. The lowest BCUT2D eigenvalue weighted by atomic mass is 10.8. The Morgan fingerprint density at radius 2 is 2.17 bits per heavy atom. The Bertz CT molecular complexity index is 124. The minimum atomic E-state index is -0.698. The van der Waals surface area contributed by atoms with Crippen LogP contribution in [0.4, 0.5) is 4.79 Å². The molecule has 0 spiro atoms. The fourth-order valence-electron chi connectivity index (χ4n) is 0.438. The first-order valence-electron chi connectivity index (χ1n) is 3.58. The van der Waals surface area contributed by atoms with E-state index in [4.69, 9.17) is 5.73 Å². The van der Waals surface area contributed by atoms with Crippen molar-refractivity contribution in [3.8, 4) is 0 Å². The number of carbonyl (C=O) groups is 1. The molecule has 0 saturated heterocycles. The molecule has 1 amide bonds. The molecule has 0 aromatic carbocycles. The van der Waals surface area contributed by atoms with Gasteiger partial charge in [-0.25, -0.2) is 4.79 Å². The highest BCUT2D eigenvalue weighted by atomic mass is 33.1. The second-order valence-electron chi connectivity index (χ2n) is 1.92. The van der Waals surface area contributed by atoms with Crippen LogP contribution in [-0.4, -0.2) is 37.8 Å². The number of primary amides is 1. The van der Waals surface area contributed by atoms with Crippen LogP contribution < -0.4 is 11.1 Å². The summed E-state index contributed by atoms with van der Waals surface area (Å²) < 4.78 is 4.54. The summed E-state index contributed by atoms with van der Waals surface area (Å²) >= 11 is 0. The Hall–Kier alpha value is -0.0700. The van der Waals surface area contributed by atoms with Gasteiger partial charge < -0.3 is 15.8 Å². The highest BCUT2D eigenvalue weighted by Crippen LogP contribution is 2.19.